The normalized spacial score (nSPS) is 37.8. The van der Waals surface area contributed by atoms with Crippen molar-refractivity contribution in [2.45, 2.75) is 70.8 Å². The Morgan fingerprint density at radius 1 is 1.29 bits per heavy atom. The highest BCUT2D eigenvalue weighted by molar-refractivity contribution is 5.02. The lowest BCUT2D eigenvalue weighted by atomic mass is 9.59. The second-order valence-electron chi connectivity index (χ2n) is 6.78. The van der Waals surface area contributed by atoms with E-state index in [4.69, 9.17) is 5.73 Å². The summed E-state index contributed by atoms with van der Waals surface area (Å²) in [6.45, 7) is 4.98. The van der Waals surface area contributed by atoms with Crippen LogP contribution in [-0.4, -0.2) is 17.3 Å². The van der Waals surface area contributed by atoms with E-state index in [9.17, 15) is 5.11 Å². The van der Waals surface area contributed by atoms with Crippen LogP contribution in [0.2, 0.25) is 0 Å². The first-order chi connectivity index (χ1) is 8.03. The molecule has 17 heavy (non-hydrogen) atoms. The van der Waals surface area contributed by atoms with Gasteiger partial charge in [0, 0.05) is 12.0 Å². The van der Waals surface area contributed by atoms with Gasteiger partial charge < -0.3 is 10.8 Å². The third kappa shape index (κ3) is 2.68. The number of rotatable bonds is 5. The summed E-state index contributed by atoms with van der Waals surface area (Å²) in [5.74, 6) is 1.55. The van der Waals surface area contributed by atoms with Gasteiger partial charge in [0.2, 0.25) is 0 Å². The van der Waals surface area contributed by atoms with Crippen molar-refractivity contribution in [2.75, 3.05) is 6.54 Å². The highest BCUT2D eigenvalue weighted by Gasteiger charge is 2.50. The Bertz CT molecular complexity index is 260. The van der Waals surface area contributed by atoms with Crippen LogP contribution in [0.15, 0.2) is 0 Å². The lowest BCUT2D eigenvalue weighted by Gasteiger charge is -2.50. The predicted octanol–water partition coefficient (Wildman–Crippen LogP) is 3.08. The molecule has 0 bridgehead atoms. The molecular formula is C15H29NO. The Hall–Kier alpha value is -0.0800. The van der Waals surface area contributed by atoms with E-state index in [1.54, 1.807) is 0 Å². The molecule has 2 saturated carbocycles. The lowest BCUT2D eigenvalue weighted by molar-refractivity contribution is -0.104. The molecule has 0 aromatic heterocycles. The zero-order chi connectivity index (χ0) is 12.5. The molecule has 100 valence electrons. The summed E-state index contributed by atoms with van der Waals surface area (Å²) in [6.07, 6.45) is 9.68. The summed E-state index contributed by atoms with van der Waals surface area (Å²) >= 11 is 0. The van der Waals surface area contributed by atoms with E-state index < -0.39 is 5.60 Å². The first kappa shape index (κ1) is 13.4. The van der Waals surface area contributed by atoms with E-state index in [1.807, 2.05) is 0 Å². The number of aliphatic hydroxyl groups is 1. The van der Waals surface area contributed by atoms with E-state index in [-0.39, 0.29) is 5.41 Å². The SMILES string of the molecule is CCC1CCCC(CN)(C(C)(O)CC2CC2)C1. The molecule has 2 aliphatic carbocycles. The van der Waals surface area contributed by atoms with Gasteiger partial charge in [-0.25, -0.2) is 0 Å². The first-order valence-corrected chi connectivity index (χ1v) is 7.45. The molecule has 2 aliphatic rings. The van der Waals surface area contributed by atoms with Crippen LogP contribution in [0.1, 0.15) is 65.2 Å². The van der Waals surface area contributed by atoms with Gasteiger partial charge in [0.15, 0.2) is 0 Å². The fourth-order valence-electron chi connectivity index (χ4n) is 3.83. The molecule has 0 aliphatic heterocycles. The molecule has 3 atom stereocenters. The lowest BCUT2D eigenvalue weighted by Crippen LogP contribution is -2.53. The third-order valence-corrected chi connectivity index (χ3v) is 5.44. The average molecular weight is 239 g/mol. The minimum atomic E-state index is -0.545. The zero-order valence-electron chi connectivity index (χ0n) is 11.5. The summed E-state index contributed by atoms with van der Waals surface area (Å²) in [4.78, 5) is 0. The maximum Gasteiger partial charge on any atom is 0.0690 e. The Morgan fingerprint density at radius 3 is 2.53 bits per heavy atom. The maximum atomic E-state index is 10.9. The van der Waals surface area contributed by atoms with Gasteiger partial charge in [0.25, 0.3) is 0 Å². The summed E-state index contributed by atoms with van der Waals surface area (Å²) < 4.78 is 0. The zero-order valence-corrected chi connectivity index (χ0v) is 11.5. The van der Waals surface area contributed by atoms with E-state index >= 15 is 0 Å². The Balaban J connectivity index is 2.10. The largest absolute Gasteiger partial charge is 0.390 e. The molecule has 0 radical (unpaired) electrons. The van der Waals surface area contributed by atoms with Gasteiger partial charge >= 0.3 is 0 Å². The Kier molecular flexibility index (Phi) is 3.84. The van der Waals surface area contributed by atoms with Crippen LogP contribution in [0.5, 0.6) is 0 Å². The van der Waals surface area contributed by atoms with Crippen molar-refractivity contribution in [1.29, 1.82) is 0 Å². The number of hydrogen-bond donors (Lipinski definition) is 2. The van der Waals surface area contributed by atoms with Gasteiger partial charge in [-0.2, -0.15) is 0 Å². The maximum absolute atomic E-state index is 10.9. The van der Waals surface area contributed by atoms with Crippen LogP contribution in [0, 0.1) is 17.3 Å². The average Bonchev–Trinajstić information content (AvgIpc) is 3.12. The van der Waals surface area contributed by atoms with Crippen LogP contribution in [0.25, 0.3) is 0 Å². The van der Waals surface area contributed by atoms with Crippen molar-refractivity contribution in [1.82, 2.24) is 0 Å². The van der Waals surface area contributed by atoms with E-state index in [0.717, 1.165) is 31.1 Å². The second-order valence-corrected chi connectivity index (χ2v) is 6.78. The summed E-state index contributed by atoms with van der Waals surface area (Å²) in [7, 11) is 0. The van der Waals surface area contributed by atoms with Crippen molar-refractivity contribution in [3.05, 3.63) is 0 Å². The minimum Gasteiger partial charge on any atom is -0.390 e. The van der Waals surface area contributed by atoms with Gasteiger partial charge in [-0.3, -0.25) is 0 Å². The van der Waals surface area contributed by atoms with Crippen molar-refractivity contribution >= 4 is 0 Å². The van der Waals surface area contributed by atoms with E-state index in [1.165, 1.54) is 32.1 Å². The molecule has 0 aromatic carbocycles. The summed E-state index contributed by atoms with van der Waals surface area (Å²) in [5, 5.41) is 10.9. The molecule has 2 nitrogen and oxygen atoms in total. The fraction of sp³-hybridized carbons (Fsp3) is 1.00. The molecule has 2 rings (SSSR count). The molecule has 0 heterocycles. The quantitative estimate of drug-likeness (QED) is 0.774. The molecule has 0 aromatic rings. The van der Waals surface area contributed by atoms with Gasteiger partial charge in [0.1, 0.15) is 0 Å². The molecule has 0 amide bonds. The molecule has 3 unspecified atom stereocenters. The van der Waals surface area contributed by atoms with Crippen LogP contribution in [-0.2, 0) is 0 Å². The van der Waals surface area contributed by atoms with Crippen LogP contribution in [0.4, 0.5) is 0 Å². The van der Waals surface area contributed by atoms with Gasteiger partial charge in [-0.15, -0.1) is 0 Å². The van der Waals surface area contributed by atoms with Crippen LogP contribution < -0.4 is 5.73 Å². The Morgan fingerprint density at radius 2 is 2.00 bits per heavy atom. The molecule has 2 fully saturated rings. The molecule has 2 heteroatoms. The van der Waals surface area contributed by atoms with Crippen molar-refractivity contribution in [2.24, 2.45) is 23.0 Å². The van der Waals surface area contributed by atoms with E-state index in [0.29, 0.717) is 6.54 Å². The van der Waals surface area contributed by atoms with Crippen LogP contribution >= 0.6 is 0 Å². The summed E-state index contributed by atoms with van der Waals surface area (Å²) in [6, 6.07) is 0. The van der Waals surface area contributed by atoms with Crippen molar-refractivity contribution in [3.63, 3.8) is 0 Å². The highest BCUT2D eigenvalue weighted by Crippen LogP contribution is 2.51. The van der Waals surface area contributed by atoms with Gasteiger partial charge in [-0.1, -0.05) is 39.0 Å². The van der Waals surface area contributed by atoms with Crippen molar-refractivity contribution < 1.29 is 5.11 Å². The first-order valence-electron chi connectivity index (χ1n) is 7.45. The monoisotopic (exact) mass is 239 g/mol. The minimum absolute atomic E-state index is 0.00544. The smallest absolute Gasteiger partial charge is 0.0690 e. The molecule has 0 saturated heterocycles. The van der Waals surface area contributed by atoms with Gasteiger partial charge in [0.05, 0.1) is 5.60 Å². The van der Waals surface area contributed by atoms with Gasteiger partial charge in [-0.05, 0) is 38.0 Å². The molecular weight excluding hydrogens is 210 g/mol. The summed E-state index contributed by atoms with van der Waals surface area (Å²) in [5.41, 5.74) is 5.53. The van der Waals surface area contributed by atoms with E-state index in [2.05, 4.69) is 13.8 Å². The highest BCUT2D eigenvalue weighted by atomic mass is 16.3. The molecule has 0 spiro atoms. The fourth-order valence-corrected chi connectivity index (χ4v) is 3.83. The predicted molar refractivity (Wildman–Crippen MR) is 71.7 cm³/mol. The topological polar surface area (TPSA) is 46.2 Å². The van der Waals surface area contributed by atoms with Crippen LogP contribution in [0.3, 0.4) is 0 Å². The third-order valence-electron chi connectivity index (χ3n) is 5.44. The number of nitrogens with two attached hydrogens (primary N) is 1. The molecule has 3 N–H and O–H groups in total. The van der Waals surface area contributed by atoms with Crippen molar-refractivity contribution in [3.8, 4) is 0 Å². The number of hydrogen-bond acceptors (Lipinski definition) is 2. The Labute approximate surface area is 106 Å². The second kappa shape index (κ2) is 4.89. The standard InChI is InChI=1S/C15H29NO/c1-3-12-5-4-8-15(10-12,11-16)14(2,17)9-13-6-7-13/h12-13,17H,3-11,16H2,1-2H3.